The molecular formula is C22H17N3O3. The molecule has 6 heteroatoms. The molecule has 1 amide bonds. The Labute approximate surface area is 160 Å². The molecule has 0 spiro atoms. The van der Waals surface area contributed by atoms with Gasteiger partial charge in [-0.25, -0.2) is 4.68 Å². The lowest BCUT2D eigenvalue weighted by atomic mass is 9.87. The second-order valence-corrected chi connectivity index (χ2v) is 6.91. The number of benzene rings is 2. The summed E-state index contributed by atoms with van der Waals surface area (Å²) in [7, 11) is 0. The van der Waals surface area contributed by atoms with Gasteiger partial charge in [-0.05, 0) is 31.2 Å². The molecular weight excluding hydrogens is 354 g/mol. The number of aromatic nitrogens is 2. The summed E-state index contributed by atoms with van der Waals surface area (Å²) in [6.45, 7) is 1.86. The minimum Gasteiger partial charge on any atom is -0.453 e. The summed E-state index contributed by atoms with van der Waals surface area (Å²) in [6.07, 6.45) is 0.0736. The molecule has 3 heterocycles. The van der Waals surface area contributed by atoms with Gasteiger partial charge in [0.1, 0.15) is 11.4 Å². The molecule has 0 aliphatic carbocycles. The largest absolute Gasteiger partial charge is 0.453 e. The molecule has 1 aliphatic heterocycles. The third-order valence-corrected chi connectivity index (χ3v) is 5.09. The number of anilines is 1. The fraction of sp³-hybridized carbons (Fsp3) is 0.136. The molecule has 0 unspecified atom stereocenters. The Balaban J connectivity index is 1.62. The first kappa shape index (κ1) is 16.5. The van der Waals surface area contributed by atoms with Gasteiger partial charge in [-0.1, -0.05) is 36.4 Å². The number of fused-ring (bicyclic) bond motifs is 2. The molecule has 1 atom stereocenters. The van der Waals surface area contributed by atoms with Crippen molar-refractivity contribution in [3.8, 4) is 5.69 Å². The van der Waals surface area contributed by atoms with Crippen molar-refractivity contribution in [1.82, 2.24) is 9.78 Å². The van der Waals surface area contributed by atoms with Crippen LogP contribution in [0, 0.1) is 6.92 Å². The van der Waals surface area contributed by atoms with Crippen LogP contribution in [0.1, 0.15) is 34.2 Å². The number of Topliss-reactive ketones (excluding diaryl/α,β-unsaturated/α-hetero) is 1. The molecule has 0 radical (unpaired) electrons. The van der Waals surface area contributed by atoms with Crippen LogP contribution in [0.25, 0.3) is 16.7 Å². The zero-order chi connectivity index (χ0) is 19.3. The van der Waals surface area contributed by atoms with Crippen LogP contribution >= 0.6 is 0 Å². The Morgan fingerprint density at radius 2 is 1.89 bits per heavy atom. The number of furan rings is 1. The van der Waals surface area contributed by atoms with E-state index in [4.69, 9.17) is 4.42 Å². The lowest BCUT2D eigenvalue weighted by Crippen LogP contribution is -2.28. The molecule has 0 bridgehead atoms. The van der Waals surface area contributed by atoms with Crippen LogP contribution < -0.4 is 5.32 Å². The second-order valence-electron chi connectivity index (χ2n) is 6.91. The molecule has 1 aliphatic rings. The van der Waals surface area contributed by atoms with Gasteiger partial charge in [-0.15, -0.1) is 0 Å². The maximum Gasteiger partial charge on any atom is 0.226 e. The number of aryl methyl sites for hydroxylation is 1. The van der Waals surface area contributed by atoms with Crippen LogP contribution in [0.3, 0.4) is 0 Å². The van der Waals surface area contributed by atoms with E-state index in [-0.39, 0.29) is 23.9 Å². The molecule has 5 rings (SSSR count). The summed E-state index contributed by atoms with van der Waals surface area (Å²) < 4.78 is 7.44. The predicted octanol–water partition coefficient (Wildman–Crippen LogP) is 4.24. The lowest BCUT2D eigenvalue weighted by molar-refractivity contribution is -0.116. The highest BCUT2D eigenvalue weighted by Crippen LogP contribution is 2.38. The zero-order valence-corrected chi connectivity index (χ0v) is 15.2. The first-order valence-corrected chi connectivity index (χ1v) is 9.09. The number of rotatable bonds is 3. The van der Waals surface area contributed by atoms with Gasteiger partial charge in [0.25, 0.3) is 0 Å². The van der Waals surface area contributed by atoms with Gasteiger partial charge >= 0.3 is 0 Å². The highest BCUT2D eigenvalue weighted by Gasteiger charge is 2.37. The maximum atomic E-state index is 13.3. The molecule has 4 aromatic rings. The number of carbonyl (C=O) groups excluding carboxylic acids is 2. The molecule has 0 saturated carbocycles. The second kappa shape index (κ2) is 6.20. The zero-order valence-electron chi connectivity index (χ0n) is 15.2. The van der Waals surface area contributed by atoms with Gasteiger partial charge in [-0.3, -0.25) is 9.59 Å². The number of amides is 1. The van der Waals surface area contributed by atoms with Crippen LogP contribution in [0.15, 0.2) is 65.1 Å². The van der Waals surface area contributed by atoms with E-state index < -0.39 is 5.92 Å². The molecule has 2 aromatic carbocycles. The van der Waals surface area contributed by atoms with E-state index in [1.54, 1.807) is 10.7 Å². The van der Waals surface area contributed by atoms with E-state index in [0.29, 0.717) is 17.1 Å². The number of carbonyl (C=O) groups is 2. The molecule has 0 fully saturated rings. The van der Waals surface area contributed by atoms with Crippen molar-refractivity contribution in [2.45, 2.75) is 19.3 Å². The van der Waals surface area contributed by atoms with Crippen molar-refractivity contribution in [1.29, 1.82) is 0 Å². The topological polar surface area (TPSA) is 77.1 Å². The molecule has 2 aromatic heterocycles. The molecule has 138 valence electrons. The monoisotopic (exact) mass is 371 g/mol. The van der Waals surface area contributed by atoms with E-state index in [1.165, 1.54) is 0 Å². The Hall–Kier alpha value is -3.67. The number of hydrogen-bond donors (Lipinski definition) is 1. The van der Waals surface area contributed by atoms with Crippen molar-refractivity contribution in [3.05, 3.63) is 77.7 Å². The predicted molar refractivity (Wildman–Crippen MR) is 105 cm³/mol. The Morgan fingerprint density at radius 3 is 2.68 bits per heavy atom. The van der Waals surface area contributed by atoms with Crippen LogP contribution in [0.4, 0.5) is 5.82 Å². The maximum absolute atomic E-state index is 13.3. The van der Waals surface area contributed by atoms with E-state index in [0.717, 1.165) is 16.6 Å². The van der Waals surface area contributed by atoms with Crippen molar-refractivity contribution < 1.29 is 14.0 Å². The van der Waals surface area contributed by atoms with Gasteiger partial charge < -0.3 is 9.73 Å². The van der Waals surface area contributed by atoms with Gasteiger partial charge in [0.05, 0.1) is 17.3 Å². The number of ketones is 1. The van der Waals surface area contributed by atoms with Gasteiger partial charge in [0.2, 0.25) is 11.7 Å². The van der Waals surface area contributed by atoms with Crippen LogP contribution in [0.5, 0.6) is 0 Å². The highest BCUT2D eigenvalue weighted by atomic mass is 16.3. The van der Waals surface area contributed by atoms with E-state index in [1.807, 2.05) is 61.5 Å². The van der Waals surface area contributed by atoms with Crippen molar-refractivity contribution in [3.63, 3.8) is 0 Å². The summed E-state index contributed by atoms with van der Waals surface area (Å²) in [6, 6.07) is 18.7. The normalized spacial score (nSPS) is 16.0. The Morgan fingerprint density at radius 1 is 1.14 bits per heavy atom. The standard InChI is InChI=1S/C22H17N3O3/c1-13-20-16(21(27)18-11-14-7-5-6-10-17(14)28-18)12-19(26)23-22(20)25(24-13)15-8-3-2-4-9-15/h2-11,16H,12H2,1H3,(H,23,26)/t16-/m1/s1. The summed E-state index contributed by atoms with van der Waals surface area (Å²) >= 11 is 0. The van der Waals surface area contributed by atoms with Crippen molar-refractivity contribution in [2.24, 2.45) is 0 Å². The minimum atomic E-state index is -0.623. The van der Waals surface area contributed by atoms with Gasteiger partial charge in [-0.2, -0.15) is 5.10 Å². The van der Waals surface area contributed by atoms with Crippen LogP contribution in [0.2, 0.25) is 0 Å². The lowest BCUT2D eigenvalue weighted by Gasteiger charge is -2.22. The quantitative estimate of drug-likeness (QED) is 0.547. The molecule has 1 N–H and O–H groups in total. The summed E-state index contributed by atoms with van der Waals surface area (Å²) in [5.74, 6) is -0.225. The fourth-order valence-electron chi connectivity index (χ4n) is 3.80. The molecule has 6 nitrogen and oxygen atoms in total. The number of nitrogens with one attached hydrogen (secondary N) is 1. The summed E-state index contributed by atoms with van der Waals surface area (Å²) in [5, 5.41) is 8.34. The third-order valence-electron chi connectivity index (χ3n) is 5.09. The average Bonchev–Trinajstić information content (AvgIpc) is 3.29. The van der Waals surface area contributed by atoms with Crippen LogP contribution in [-0.4, -0.2) is 21.5 Å². The van der Waals surface area contributed by atoms with Gasteiger partial charge in [0.15, 0.2) is 5.76 Å². The van der Waals surface area contributed by atoms with E-state index in [2.05, 4.69) is 10.4 Å². The first-order chi connectivity index (χ1) is 13.6. The fourth-order valence-corrected chi connectivity index (χ4v) is 3.80. The van der Waals surface area contributed by atoms with Crippen molar-refractivity contribution in [2.75, 3.05) is 5.32 Å². The minimum absolute atomic E-state index is 0.0736. The summed E-state index contributed by atoms with van der Waals surface area (Å²) in [5.41, 5.74) is 2.94. The highest BCUT2D eigenvalue weighted by molar-refractivity contribution is 6.08. The van der Waals surface area contributed by atoms with Crippen molar-refractivity contribution >= 4 is 28.5 Å². The van der Waals surface area contributed by atoms with Gasteiger partial charge in [0, 0.05) is 17.4 Å². The third kappa shape index (κ3) is 2.53. The first-order valence-electron chi connectivity index (χ1n) is 9.09. The van der Waals surface area contributed by atoms with Crippen LogP contribution in [-0.2, 0) is 4.79 Å². The smallest absolute Gasteiger partial charge is 0.226 e. The number of para-hydroxylation sites is 2. The number of nitrogens with zero attached hydrogens (tertiary/aromatic N) is 2. The SMILES string of the molecule is Cc1nn(-c2ccccc2)c2c1[C@H](C(=O)c1cc3ccccc3o1)CC(=O)N2. The molecule has 0 saturated heterocycles. The Bertz CT molecular complexity index is 1190. The summed E-state index contributed by atoms with van der Waals surface area (Å²) in [4.78, 5) is 25.7. The number of hydrogen-bond acceptors (Lipinski definition) is 4. The van der Waals surface area contributed by atoms with E-state index in [9.17, 15) is 9.59 Å². The van der Waals surface area contributed by atoms with E-state index >= 15 is 0 Å². The average molecular weight is 371 g/mol. The Kier molecular flexibility index (Phi) is 3.65. The molecule has 28 heavy (non-hydrogen) atoms.